The lowest BCUT2D eigenvalue weighted by molar-refractivity contribution is 0.396. The van der Waals surface area contributed by atoms with Gasteiger partial charge in [-0.15, -0.1) is 0 Å². The summed E-state index contributed by atoms with van der Waals surface area (Å²) in [5, 5.41) is -2.36. The Kier molecular flexibility index (Phi) is 5.90. The Hall–Kier alpha value is -1.70. The normalized spacial score (nSPS) is 12.7. The summed E-state index contributed by atoms with van der Waals surface area (Å²) >= 11 is 0. The molecule has 2 aromatic rings. The van der Waals surface area contributed by atoms with Crippen LogP contribution in [0, 0.1) is 41.0 Å². The zero-order valence-corrected chi connectivity index (χ0v) is 16.9. The predicted octanol–water partition coefficient (Wildman–Crippen LogP) is 7.03. The van der Waals surface area contributed by atoms with E-state index in [4.69, 9.17) is 4.43 Å². The van der Waals surface area contributed by atoms with Crippen LogP contribution in [0.15, 0.2) is 0 Å². The number of hydrogen-bond acceptors (Lipinski definition) is 1. The SMILES string of the molecule is CC(C)[Si](Oc1c(F)c(F)c2c(F)c(F)c(F)[c]c2c1F)(C(C)C)C(C)C. The molecule has 2 rings (SSSR count). The average molecular weight is 407 g/mol. The van der Waals surface area contributed by atoms with Crippen LogP contribution in [0.3, 0.4) is 0 Å². The lowest BCUT2D eigenvalue weighted by Gasteiger charge is -2.42. The highest BCUT2D eigenvalue weighted by Crippen LogP contribution is 2.45. The molecule has 0 bridgehead atoms. The van der Waals surface area contributed by atoms with Crippen LogP contribution in [-0.2, 0) is 0 Å². The van der Waals surface area contributed by atoms with Crippen molar-refractivity contribution in [3.8, 4) is 5.75 Å². The average Bonchev–Trinajstić information content (AvgIpc) is 2.56. The van der Waals surface area contributed by atoms with E-state index in [9.17, 15) is 26.3 Å². The zero-order valence-electron chi connectivity index (χ0n) is 15.9. The number of benzene rings is 2. The quantitative estimate of drug-likeness (QED) is 0.224. The Balaban J connectivity index is 2.86. The third-order valence-electron chi connectivity index (χ3n) is 5.11. The summed E-state index contributed by atoms with van der Waals surface area (Å²) < 4.78 is 90.6. The number of hydrogen-bond donors (Lipinski definition) is 0. The first kappa shape index (κ1) is 21.6. The fourth-order valence-corrected chi connectivity index (χ4v) is 9.19. The van der Waals surface area contributed by atoms with E-state index < -0.39 is 59.7 Å². The molecule has 0 heterocycles. The third kappa shape index (κ3) is 3.21. The molecule has 149 valence electrons. The van der Waals surface area contributed by atoms with Crippen molar-refractivity contribution in [2.24, 2.45) is 0 Å². The van der Waals surface area contributed by atoms with Gasteiger partial charge in [0.05, 0.1) is 5.39 Å². The standard InChI is InChI=1S/C19H21F6OSi/c1-8(2)27(9(3)4,10(5)6)26-19-14(21)11-7-12(20)15(22)16(23)13(11)17(24)18(19)25/h8-10H,1-6H3. The van der Waals surface area contributed by atoms with Crippen molar-refractivity contribution in [3.05, 3.63) is 41.0 Å². The minimum Gasteiger partial charge on any atom is -0.539 e. The summed E-state index contributed by atoms with van der Waals surface area (Å²) in [5.41, 5.74) is -0.290. The van der Waals surface area contributed by atoms with E-state index in [2.05, 4.69) is 0 Å². The number of fused-ring (bicyclic) bond motifs is 1. The lowest BCUT2D eigenvalue weighted by Crippen LogP contribution is -2.51. The van der Waals surface area contributed by atoms with Crippen molar-refractivity contribution >= 4 is 19.1 Å². The molecule has 1 nitrogen and oxygen atoms in total. The Labute approximate surface area is 155 Å². The molecule has 2 aromatic carbocycles. The van der Waals surface area contributed by atoms with Gasteiger partial charge in [-0.1, -0.05) is 41.5 Å². The second-order valence-corrected chi connectivity index (χ2v) is 12.9. The maximum atomic E-state index is 14.9. The molecule has 0 N–H and O–H groups in total. The van der Waals surface area contributed by atoms with Crippen LogP contribution in [0.1, 0.15) is 41.5 Å². The van der Waals surface area contributed by atoms with Crippen LogP contribution in [0.4, 0.5) is 26.3 Å². The molecule has 0 aliphatic heterocycles. The van der Waals surface area contributed by atoms with Gasteiger partial charge >= 0.3 is 0 Å². The summed E-state index contributed by atoms with van der Waals surface area (Å²) in [6.45, 7) is 11.1. The first-order valence-corrected chi connectivity index (χ1v) is 10.8. The van der Waals surface area contributed by atoms with Crippen molar-refractivity contribution in [2.45, 2.75) is 58.2 Å². The minimum atomic E-state index is -2.90. The number of rotatable bonds is 5. The molecule has 0 atom stereocenters. The van der Waals surface area contributed by atoms with Gasteiger partial charge in [0, 0.05) is 11.5 Å². The topological polar surface area (TPSA) is 9.23 Å². The van der Waals surface area contributed by atoms with E-state index in [0.29, 0.717) is 0 Å². The lowest BCUT2D eigenvalue weighted by atomic mass is 10.1. The molecule has 0 unspecified atom stereocenters. The predicted molar refractivity (Wildman–Crippen MR) is 94.2 cm³/mol. The smallest absolute Gasteiger partial charge is 0.259 e. The Morgan fingerprint density at radius 3 is 1.56 bits per heavy atom. The fraction of sp³-hybridized carbons (Fsp3) is 0.474. The zero-order chi connectivity index (χ0) is 20.8. The molecule has 0 fully saturated rings. The maximum Gasteiger partial charge on any atom is 0.259 e. The Morgan fingerprint density at radius 2 is 1.11 bits per heavy atom. The molecule has 0 saturated carbocycles. The summed E-state index contributed by atoms with van der Waals surface area (Å²) in [5.74, 6) is -12.0. The third-order valence-corrected chi connectivity index (χ3v) is 11.1. The molecule has 8 heteroatoms. The van der Waals surface area contributed by atoms with E-state index in [-0.39, 0.29) is 16.6 Å². The number of halogens is 6. The molecule has 0 saturated heterocycles. The van der Waals surface area contributed by atoms with Gasteiger partial charge in [-0.25, -0.2) is 22.0 Å². The highest BCUT2D eigenvalue weighted by Gasteiger charge is 2.48. The molecule has 0 aromatic heterocycles. The van der Waals surface area contributed by atoms with Gasteiger partial charge in [0.15, 0.2) is 34.8 Å². The van der Waals surface area contributed by atoms with E-state index in [1.165, 1.54) is 0 Å². The minimum absolute atomic E-state index is 0.0965. The molecular weight excluding hydrogens is 386 g/mol. The maximum absolute atomic E-state index is 14.9. The van der Waals surface area contributed by atoms with Gasteiger partial charge < -0.3 is 4.43 Å². The van der Waals surface area contributed by atoms with Crippen LogP contribution in [0.25, 0.3) is 10.8 Å². The van der Waals surface area contributed by atoms with Crippen molar-refractivity contribution in [3.63, 3.8) is 0 Å². The second kappa shape index (κ2) is 7.37. The molecule has 0 aliphatic carbocycles. The fourth-order valence-electron chi connectivity index (χ4n) is 3.95. The van der Waals surface area contributed by atoms with Gasteiger partial charge in [0.25, 0.3) is 8.32 Å². The molecular formula is C19H21F6OSi. The van der Waals surface area contributed by atoms with Crippen molar-refractivity contribution in [1.29, 1.82) is 0 Å². The van der Waals surface area contributed by atoms with E-state index >= 15 is 0 Å². The van der Waals surface area contributed by atoms with Crippen LogP contribution in [0.5, 0.6) is 5.75 Å². The highest BCUT2D eigenvalue weighted by atomic mass is 28.4. The van der Waals surface area contributed by atoms with Crippen molar-refractivity contribution in [2.75, 3.05) is 0 Å². The summed E-state index contributed by atoms with van der Waals surface area (Å²) in [4.78, 5) is 0. The first-order chi connectivity index (χ1) is 12.4. The molecule has 1 radical (unpaired) electrons. The van der Waals surface area contributed by atoms with Crippen LogP contribution < -0.4 is 4.43 Å². The van der Waals surface area contributed by atoms with Crippen LogP contribution in [-0.4, -0.2) is 8.32 Å². The van der Waals surface area contributed by atoms with Crippen LogP contribution >= 0.6 is 0 Å². The van der Waals surface area contributed by atoms with Gasteiger partial charge in [-0.3, -0.25) is 0 Å². The molecule has 0 amide bonds. The monoisotopic (exact) mass is 407 g/mol. The Morgan fingerprint density at radius 1 is 0.667 bits per heavy atom. The van der Waals surface area contributed by atoms with Gasteiger partial charge in [-0.05, 0) is 16.6 Å². The van der Waals surface area contributed by atoms with Crippen LogP contribution in [0.2, 0.25) is 16.6 Å². The van der Waals surface area contributed by atoms with Crippen molar-refractivity contribution in [1.82, 2.24) is 0 Å². The van der Waals surface area contributed by atoms with Gasteiger partial charge in [-0.2, -0.15) is 4.39 Å². The largest absolute Gasteiger partial charge is 0.539 e. The van der Waals surface area contributed by atoms with E-state index in [1.807, 2.05) is 41.5 Å². The summed E-state index contributed by atoms with van der Waals surface area (Å²) in [6, 6.07) is 1.62. The summed E-state index contributed by atoms with van der Waals surface area (Å²) in [7, 11) is -2.90. The molecule has 0 aliphatic rings. The van der Waals surface area contributed by atoms with Gasteiger partial charge in [0.2, 0.25) is 5.82 Å². The Bertz CT molecular complexity index is 857. The molecule has 27 heavy (non-hydrogen) atoms. The van der Waals surface area contributed by atoms with E-state index in [0.717, 1.165) is 0 Å². The molecule has 0 spiro atoms. The first-order valence-electron chi connectivity index (χ1n) is 8.62. The van der Waals surface area contributed by atoms with Crippen molar-refractivity contribution < 1.29 is 30.8 Å². The second-order valence-electron chi connectivity index (χ2n) is 7.51. The summed E-state index contributed by atoms with van der Waals surface area (Å²) in [6.07, 6.45) is 0. The van der Waals surface area contributed by atoms with E-state index in [1.54, 1.807) is 6.07 Å². The highest BCUT2D eigenvalue weighted by molar-refractivity contribution is 6.78. The van der Waals surface area contributed by atoms with Gasteiger partial charge in [0.1, 0.15) is 0 Å².